The zero-order valence-electron chi connectivity index (χ0n) is 13.6. The third kappa shape index (κ3) is 3.94. The summed E-state index contributed by atoms with van der Waals surface area (Å²) in [5.74, 6) is 0.194. The van der Waals surface area contributed by atoms with E-state index in [-0.39, 0.29) is 23.5 Å². The second-order valence-electron chi connectivity index (χ2n) is 4.87. The van der Waals surface area contributed by atoms with Crippen molar-refractivity contribution in [2.24, 2.45) is 0 Å². The monoisotopic (exact) mass is 392 g/mol. The molecule has 5 nitrogen and oxygen atoms in total. The van der Waals surface area contributed by atoms with E-state index in [0.717, 1.165) is 4.47 Å². The largest absolute Gasteiger partial charge is 0.493 e. The van der Waals surface area contributed by atoms with Gasteiger partial charge in [0.15, 0.2) is 17.3 Å². The minimum atomic E-state index is -0.438. The van der Waals surface area contributed by atoms with E-state index in [9.17, 15) is 9.59 Å². The van der Waals surface area contributed by atoms with Gasteiger partial charge in [0.05, 0.1) is 19.8 Å². The van der Waals surface area contributed by atoms with Gasteiger partial charge in [-0.2, -0.15) is 0 Å². The molecule has 24 heavy (non-hydrogen) atoms. The van der Waals surface area contributed by atoms with Crippen molar-refractivity contribution >= 4 is 27.7 Å². The van der Waals surface area contributed by atoms with Crippen LogP contribution in [0.2, 0.25) is 0 Å². The fourth-order valence-corrected chi connectivity index (χ4v) is 2.34. The van der Waals surface area contributed by atoms with Crippen LogP contribution in [0.1, 0.15) is 29.3 Å². The summed E-state index contributed by atoms with van der Waals surface area (Å²) in [4.78, 5) is 24.5. The van der Waals surface area contributed by atoms with Crippen molar-refractivity contribution in [1.29, 1.82) is 0 Å². The molecule has 0 radical (unpaired) electrons. The molecule has 2 aromatic rings. The number of carbonyl (C=O) groups is 2. The number of methoxy groups -OCH3 is 2. The van der Waals surface area contributed by atoms with E-state index in [1.54, 1.807) is 31.2 Å². The number of ether oxygens (including phenoxy) is 3. The number of benzene rings is 2. The summed E-state index contributed by atoms with van der Waals surface area (Å²) in [6.07, 6.45) is 0.195. The summed E-state index contributed by atoms with van der Waals surface area (Å²) in [6, 6.07) is 9.92. The summed E-state index contributed by atoms with van der Waals surface area (Å²) in [7, 11) is 2.95. The van der Waals surface area contributed by atoms with Gasteiger partial charge < -0.3 is 14.2 Å². The fraction of sp³-hybridized carbons (Fsp3) is 0.222. The molecule has 0 bridgehead atoms. The molecule has 0 aliphatic carbocycles. The molecule has 0 saturated heterocycles. The molecule has 126 valence electrons. The number of rotatable bonds is 6. The zero-order chi connectivity index (χ0) is 17.7. The van der Waals surface area contributed by atoms with Crippen molar-refractivity contribution in [2.45, 2.75) is 13.3 Å². The first-order valence-electron chi connectivity index (χ1n) is 7.27. The summed E-state index contributed by atoms with van der Waals surface area (Å²) in [5, 5.41) is 0. The Morgan fingerprint density at radius 1 is 0.958 bits per heavy atom. The molecule has 0 heterocycles. The molecule has 0 fully saturated rings. The molecule has 0 aliphatic heterocycles. The highest BCUT2D eigenvalue weighted by Crippen LogP contribution is 2.36. The Balaban J connectivity index is 2.54. The lowest BCUT2D eigenvalue weighted by molar-refractivity contribution is -0.134. The number of hydrogen-bond acceptors (Lipinski definition) is 5. The van der Waals surface area contributed by atoms with E-state index in [4.69, 9.17) is 14.2 Å². The van der Waals surface area contributed by atoms with Crippen molar-refractivity contribution in [3.8, 4) is 17.2 Å². The van der Waals surface area contributed by atoms with Crippen LogP contribution in [0.3, 0.4) is 0 Å². The highest BCUT2D eigenvalue weighted by Gasteiger charge is 2.21. The van der Waals surface area contributed by atoms with Gasteiger partial charge in [0, 0.05) is 22.5 Å². The maximum absolute atomic E-state index is 12.8. The van der Waals surface area contributed by atoms with Crippen LogP contribution in [0.5, 0.6) is 17.2 Å². The first-order valence-corrected chi connectivity index (χ1v) is 8.06. The summed E-state index contributed by atoms with van der Waals surface area (Å²) in [6.45, 7) is 1.68. The Morgan fingerprint density at radius 3 is 2.08 bits per heavy atom. The quantitative estimate of drug-likeness (QED) is 0.422. The van der Waals surface area contributed by atoms with E-state index < -0.39 is 5.97 Å². The van der Waals surface area contributed by atoms with Crippen LogP contribution < -0.4 is 14.2 Å². The molecule has 0 spiro atoms. The minimum Gasteiger partial charge on any atom is -0.493 e. The van der Waals surface area contributed by atoms with Crippen molar-refractivity contribution in [3.05, 3.63) is 52.0 Å². The standard InChI is InChI=1S/C18H17BrO5/c1-4-17(20)24-14-10-16(23-3)15(22-2)9-13(14)18(21)11-5-7-12(19)8-6-11/h5-10H,4H2,1-3H3. The van der Waals surface area contributed by atoms with E-state index in [1.807, 2.05) is 0 Å². The zero-order valence-corrected chi connectivity index (χ0v) is 15.2. The fourth-order valence-electron chi connectivity index (χ4n) is 2.07. The van der Waals surface area contributed by atoms with Crippen LogP contribution in [0.4, 0.5) is 0 Å². The van der Waals surface area contributed by atoms with Gasteiger partial charge in [-0.15, -0.1) is 0 Å². The first-order chi connectivity index (χ1) is 11.5. The van der Waals surface area contributed by atoms with Gasteiger partial charge in [-0.1, -0.05) is 22.9 Å². The predicted molar refractivity (Wildman–Crippen MR) is 93.0 cm³/mol. The molecule has 0 atom stereocenters. The maximum Gasteiger partial charge on any atom is 0.310 e. The highest BCUT2D eigenvalue weighted by atomic mass is 79.9. The molecule has 6 heteroatoms. The van der Waals surface area contributed by atoms with Crippen LogP contribution >= 0.6 is 15.9 Å². The highest BCUT2D eigenvalue weighted by molar-refractivity contribution is 9.10. The number of esters is 1. The van der Waals surface area contributed by atoms with Gasteiger partial charge >= 0.3 is 5.97 Å². The van der Waals surface area contributed by atoms with E-state index in [0.29, 0.717) is 17.1 Å². The maximum atomic E-state index is 12.8. The lowest BCUT2D eigenvalue weighted by Gasteiger charge is -2.14. The van der Waals surface area contributed by atoms with E-state index in [2.05, 4.69) is 15.9 Å². The Labute approximate surface area is 148 Å². The summed E-state index contributed by atoms with van der Waals surface area (Å²) < 4.78 is 16.6. The van der Waals surface area contributed by atoms with Gasteiger partial charge in [-0.25, -0.2) is 0 Å². The molecule has 0 unspecified atom stereocenters. The van der Waals surface area contributed by atoms with Crippen molar-refractivity contribution in [1.82, 2.24) is 0 Å². The molecule has 2 aromatic carbocycles. The molecule has 0 aromatic heterocycles. The molecule has 2 rings (SSSR count). The average molecular weight is 393 g/mol. The lowest BCUT2D eigenvalue weighted by atomic mass is 10.0. The van der Waals surface area contributed by atoms with E-state index in [1.165, 1.54) is 26.4 Å². The second-order valence-corrected chi connectivity index (χ2v) is 5.78. The normalized spacial score (nSPS) is 10.2. The van der Waals surface area contributed by atoms with Gasteiger partial charge in [-0.05, 0) is 30.3 Å². The van der Waals surface area contributed by atoms with Crippen LogP contribution in [0.15, 0.2) is 40.9 Å². The van der Waals surface area contributed by atoms with Crippen LogP contribution in [-0.4, -0.2) is 26.0 Å². The molecule has 0 saturated carbocycles. The topological polar surface area (TPSA) is 61.8 Å². The van der Waals surface area contributed by atoms with Gasteiger partial charge in [0.2, 0.25) is 0 Å². The van der Waals surface area contributed by atoms with Gasteiger partial charge in [0.1, 0.15) is 5.75 Å². The van der Waals surface area contributed by atoms with Crippen LogP contribution in [-0.2, 0) is 4.79 Å². The average Bonchev–Trinajstić information content (AvgIpc) is 2.61. The molecule has 0 N–H and O–H groups in total. The van der Waals surface area contributed by atoms with Crippen molar-refractivity contribution < 1.29 is 23.8 Å². The number of carbonyl (C=O) groups excluding carboxylic acids is 2. The molecule has 0 amide bonds. The van der Waals surface area contributed by atoms with Crippen LogP contribution in [0.25, 0.3) is 0 Å². The second kappa shape index (κ2) is 7.97. The number of ketones is 1. The first kappa shape index (κ1) is 18.0. The Hall–Kier alpha value is -2.34. The Kier molecular flexibility index (Phi) is 5.98. The lowest BCUT2D eigenvalue weighted by Crippen LogP contribution is -2.11. The third-order valence-corrected chi connectivity index (χ3v) is 3.88. The van der Waals surface area contributed by atoms with E-state index >= 15 is 0 Å². The Morgan fingerprint density at radius 2 is 1.54 bits per heavy atom. The van der Waals surface area contributed by atoms with Gasteiger partial charge in [0.25, 0.3) is 0 Å². The number of halogens is 1. The Bertz CT molecular complexity index is 753. The van der Waals surface area contributed by atoms with Crippen molar-refractivity contribution in [2.75, 3.05) is 14.2 Å². The molecular formula is C18H17BrO5. The molecular weight excluding hydrogens is 376 g/mol. The van der Waals surface area contributed by atoms with Crippen molar-refractivity contribution in [3.63, 3.8) is 0 Å². The minimum absolute atomic E-state index is 0.146. The summed E-state index contributed by atoms with van der Waals surface area (Å²) in [5.41, 5.74) is 0.705. The van der Waals surface area contributed by atoms with Gasteiger partial charge in [-0.3, -0.25) is 9.59 Å². The SMILES string of the molecule is CCC(=O)Oc1cc(OC)c(OC)cc1C(=O)c1ccc(Br)cc1. The predicted octanol–water partition coefficient (Wildman–Crippen LogP) is 4.01. The number of hydrogen-bond donors (Lipinski definition) is 0. The smallest absolute Gasteiger partial charge is 0.310 e. The third-order valence-electron chi connectivity index (χ3n) is 3.35. The van der Waals surface area contributed by atoms with Crippen LogP contribution in [0, 0.1) is 0 Å². The summed E-state index contributed by atoms with van der Waals surface area (Å²) >= 11 is 3.33. The molecule has 0 aliphatic rings.